The zero-order valence-corrected chi connectivity index (χ0v) is 21.0. The van der Waals surface area contributed by atoms with Gasteiger partial charge in [-0.3, -0.25) is 9.99 Å². The Labute approximate surface area is 199 Å². The first kappa shape index (κ1) is 23.0. The number of nitrogens with one attached hydrogen (secondary N) is 1. The number of nitrogens with zero attached hydrogens (tertiary/aromatic N) is 5. The highest BCUT2D eigenvalue weighted by atomic mass is 32.1. The van der Waals surface area contributed by atoms with E-state index in [1.165, 1.54) is 16.8 Å². The van der Waals surface area contributed by atoms with E-state index in [9.17, 15) is 0 Å². The molecule has 2 heterocycles. The van der Waals surface area contributed by atoms with Crippen molar-refractivity contribution in [3.63, 3.8) is 0 Å². The van der Waals surface area contributed by atoms with Gasteiger partial charge in [-0.1, -0.05) is 50.2 Å². The molecule has 172 valence electrons. The highest BCUT2D eigenvalue weighted by Crippen LogP contribution is 2.24. The molecule has 7 heteroatoms. The molecule has 1 unspecified atom stereocenters. The molecular formula is C26H32N6S. The van der Waals surface area contributed by atoms with Crippen LogP contribution >= 0.6 is 11.3 Å². The molecule has 0 aliphatic rings. The maximum Gasteiger partial charge on any atom is 0.212 e. The quantitative estimate of drug-likeness (QED) is 0.345. The van der Waals surface area contributed by atoms with Crippen LogP contribution in [0.25, 0.3) is 17.1 Å². The fourth-order valence-corrected chi connectivity index (χ4v) is 4.37. The van der Waals surface area contributed by atoms with Crippen molar-refractivity contribution in [2.24, 2.45) is 5.10 Å². The zero-order valence-electron chi connectivity index (χ0n) is 20.1. The highest BCUT2D eigenvalue weighted by Gasteiger charge is 2.11. The number of aromatic nitrogens is 4. The molecule has 1 N–H and O–H groups in total. The van der Waals surface area contributed by atoms with Crippen molar-refractivity contribution in [2.75, 3.05) is 0 Å². The van der Waals surface area contributed by atoms with E-state index in [0.29, 0.717) is 12.0 Å². The van der Waals surface area contributed by atoms with E-state index in [-0.39, 0.29) is 6.04 Å². The lowest BCUT2D eigenvalue weighted by Crippen LogP contribution is -2.21. The van der Waals surface area contributed by atoms with E-state index >= 15 is 0 Å². The van der Waals surface area contributed by atoms with Crippen molar-refractivity contribution >= 4 is 11.3 Å². The number of hydrogen-bond acceptors (Lipinski definition) is 5. The maximum absolute atomic E-state index is 4.76. The van der Waals surface area contributed by atoms with Crippen LogP contribution in [0.1, 0.15) is 69.3 Å². The van der Waals surface area contributed by atoms with E-state index in [1.54, 1.807) is 17.7 Å². The standard InChI is InChI=1S/C26H32N6S/c1-17(2)23-12-7-19(5)15-24(23)31-13-14-33-26(31)29-28-20(6)21-8-10-22(11-9-21)25-27-16-32(30-25)18(3)4/h7-18,20,28H,1-6H3/b29-26-. The van der Waals surface area contributed by atoms with Gasteiger partial charge in [-0.2, -0.15) is 5.10 Å². The summed E-state index contributed by atoms with van der Waals surface area (Å²) in [6, 6.07) is 15.4. The Hall–Kier alpha value is -3.19. The molecule has 6 nitrogen and oxygen atoms in total. The molecule has 0 aliphatic heterocycles. The first-order valence-electron chi connectivity index (χ1n) is 11.4. The Morgan fingerprint density at radius 1 is 1.00 bits per heavy atom. The molecule has 0 spiro atoms. The molecule has 0 amide bonds. The number of benzene rings is 2. The molecular weight excluding hydrogens is 428 g/mol. The van der Waals surface area contributed by atoms with E-state index in [1.807, 2.05) is 4.68 Å². The van der Waals surface area contributed by atoms with E-state index in [2.05, 4.69) is 116 Å². The lowest BCUT2D eigenvalue weighted by molar-refractivity contribution is 0.532. The van der Waals surface area contributed by atoms with Crippen LogP contribution in [0.4, 0.5) is 0 Å². The largest absolute Gasteiger partial charge is 0.300 e. The third-order valence-corrected chi connectivity index (χ3v) is 6.47. The van der Waals surface area contributed by atoms with E-state index in [0.717, 1.165) is 21.8 Å². The Balaban J connectivity index is 1.54. The minimum absolute atomic E-state index is 0.0675. The van der Waals surface area contributed by atoms with Crippen molar-refractivity contribution in [3.05, 3.63) is 81.9 Å². The van der Waals surface area contributed by atoms with Gasteiger partial charge in [0, 0.05) is 23.2 Å². The first-order valence-corrected chi connectivity index (χ1v) is 12.3. The van der Waals surface area contributed by atoms with Crippen molar-refractivity contribution < 1.29 is 0 Å². The maximum atomic E-state index is 4.76. The predicted molar refractivity (Wildman–Crippen MR) is 135 cm³/mol. The highest BCUT2D eigenvalue weighted by molar-refractivity contribution is 7.07. The smallest absolute Gasteiger partial charge is 0.212 e. The fourth-order valence-electron chi connectivity index (χ4n) is 3.69. The van der Waals surface area contributed by atoms with Crippen LogP contribution in [0.5, 0.6) is 0 Å². The van der Waals surface area contributed by atoms with Gasteiger partial charge in [-0.25, -0.2) is 9.67 Å². The minimum atomic E-state index is 0.0675. The summed E-state index contributed by atoms with van der Waals surface area (Å²) in [5.41, 5.74) is 9.26. The molecule has 0 radical (unpaired) electrons. The molecule has 0 fully saturated rings. The molecule has 0 aliphatic carbocycles. The summed E-state index contributed by atoms with van der Waals surface area (Å²) in [5, 5.41) is 11.4. The van der Waals surface area contributed by atoms with Crippen molar-refractivity contribution in [2.45, 2.75) is 59.5 Å². The van der Waals surface area contributed by atoms with Gasteiger partial charge in [0.15, 0.2) is 5.82 Å². The second kappa shape index (κ2) is 9.75. The first-order chi connectivity index (χ1) is 15.8. The molecule has 0 saturated heterocycles. The Kier molecular flexibility index (Phi) is 6.79. The molecule has 4 rings (SSSR count). The van der Waals surface area contributed by atoms with Crippen LogP contribution in [0.2, 0.25) is 0 Å². The number of aryl methyl sites for hydroxylation is 1. The van der Waals surface area contributed by atoms with E-state index in [4.69, 9.17) is 5.10 Å². The van der Waals surface area contributed by atoms with Gasteiger partial charge in [-0.05, 0) is 56.4 Å². The van der Waals surface area contributed by atoms with Crippen LogP contribution in [0.15, 0.2) is 65.5 Å². The predicted octanol–water partition coefficient (Wildman–Crippen LogP) is 5.98. The average Bonchev–Trinajstić information content (AvgIpc) is 3.47. The Morgan fingerprint density at radius 3 is 2.42 bits per heavy atom. The van der Waals surface area contributed by atoms with Gasteiger partial charge < -0.3 is 0 Å². The van der Waals surface area contributed by atoms with E-state index < -0.39 is 0 Å². The number of rotatable bonds is 7. The third kappa shape index (κ3) is 5.09. The second-order valence-corrected chi connectivity index (χ2v) is 9.87. The van der Waals surface area contributed by atoms with Gasteiger partial charge in [0.1, 0.15) is 6.33 Å². The lowest BCUT2D eigenvalue weighted by atomic mass is 9.99. The van der Waals surface area contributed by atoms with Crippen molar-refractivity contribution in [3.8, 4) is 17.1 Å². The third-order valence-electron chi connectivity index (χ3n) is 5.72. The Bertz CT molecular complexity index is 1280. The molecule has 4 aromatic rings. The molecule has 1 atom stereocenters. The molecule has 2 aromatic carbocycles. The molecule has 0 saturated carbocycles. The Morgan fingerprint density at radius 2 is 1.76 bits per heavy atom. The van der Waals surface area contributed by atoms with Gasteiger partial charge in [0.05, 0.1) is 11.7 Å². The summed E-state index contributed by atoms with van der Waals surface area (Å²) in [7, 11) is 0. The van der Waals surface area contributed by atoms with Crippen LogP contribution in [0.3, 0.4) is 0 Å². The van der Waals surface area contributed by atoms with Crippen LogP contribution in [0, 0.1) is 6.92 Å². The van der Waals surface area contributed by atoms with Crippen molar-refractivity contribution in [1.29, 1.82) is 0 Å². The SMILES string of the molecule is Cc1ccc(C(C)C)c(-n2ccs/c2=N\NC(C)c2ccc(-c3ncn(C(C)C)n3)cc2)c1. The van der Waals surface area contributed by atoms with Gasteiger partial charge in [-0.15, -0.1) is 16.4 Å². The van der Waals surface area contributed by atoms with Gasteiger partial charge in [0.2, 0.25) is 4.80 Å². The monoisotopic (exact) mass is 460 g/mol. The fraction of sp³-hybridized carbons (Fsp3) is 0.346. The normalized spacial score (nSPS) is 13.2. The zero-order chi connectivity index (χ0) is 23.5. The molecule has 33 heavy (non-hydrogen) atoms. The van der Waals surface area contributed by atoms with Crippen LogP contribution in [-0.2, 0) is 0 Å². The van der Waals surface area contributed by atoms with Gasteiger partial charge in [0.25, 0.3) is 0 Å². The topological polar surface area (TPSA) is 60.0 Å². The summed E-state index contributed by atoms with van der Waals surface area (Å²) in [4.78, 5) is 5.36. The summed E-state index contributed by atoms with van der Waals surface area (Å²) in [6.45, 7) is 12.9. The molecule has 2 aromatic heterocycles. The van der Waals surface area contributed by atoms with Crippen LogP contribution < -0.4 is 10.2 Å². The van der Waals surface area contributed by atoms with Crippen molar-refractivity contribution in [1.82, 2.24) is 24.8 Å². The van der Waals surface area contributed by atoms with Gasteiger partial charge >= 0.3 is 0 Å². The summed E-state index contributed by atoms with van der Waals surface area (Å²) >= 11 is 1.63. The average molecular weight is 461 g/mol. The molecule has 0 bridgehead atoms. The number of thiazole rings is 1. The number of hydrogen-bond donors (Lipinski definition) is 1. The summed E-state index contributed by atoms with van der Waals surface area (Å²) < 4.78 is 4.05. The second-order valence-electron chi connectivity index (χ2n) is 9.00. The van der Waals surface area contributed by atoms with Crippen LogP contribution in [-0.4, -0.2) is 19.3 Å². The lowest BCUT2D eigenvalue weighted by Gasteiger charge is -2.15. The summed E-state index contributed by atoms with van der Waals surface area (Å²) in [5.74, 6) is 1.19. The summed E-state index contributed by atoms with van der Waals surface area (Å²) in [6.07, 6.45) is 3.88. The minimum Gasteiger partial charge on any atom is -0.300 e.